The van der Waals surface area contributed by atoms with Gasteiger partial charge in [0.1, 0.15) is 0 Å². The van der Waals surface area contributed by atoms with Gasteiger partial charge in [0.15, 0.2) is 0 Å². The van der Waals surface area contributed by atoms with Crippen LogP contribution in [0.5, 0.6) is 0 Å². The third-order valence-electron chi connectivity index (χ3n) is 4.44. The molecule has 1 N–H and O–H groups in total. The molecule has 0 spiro atoms. The molecule has 2 nitrogen and oxygen atoms in total. The first-order valence-corrected chi connectivity index (χ1v) is 8.38. The van der Waals surface area contributed by atoms with Gasteiger partial charge in [0, 0.05) is 6.04 Å². The highest BCUT2D eigenvalue weighted by molar-refractivity contribution is 5.24. The van der Waals surface area contributed by atoms with Crippen molar-refractivity contribution in [3.05, 3.63) is 35.4 Å². The number of hydrogen-bond acceptors (Lipinski definition) is 2. The Bertz CT molecular complexity index is 366. The van der Waals surface area contributed by atoms with Gasteiger partial charge in [-0.25, -0.2) is 0 Å². The first-order valence-electron chi connectivity index (χ1n) is 8.38. The normalized spacial score (nSPS) is 17.5. The lowest BCUT2D eigenvalue weighted by Crippen LogP contribution is -2.27. The average molecular weight is 274 g/mol. The molecule has 0 amide bonds. The molecule has 112 valence electrons. The Morgan fingerprint density at radius 3 is 2.40 bits per heavy atom. The zero-order valence-electron chi connectivity index (χ0n) is 13.2. The molecule has 1 unspecified atom stereocenters. The fourth-order valence-electron chi connectivity index (χ4n) is 3.07. The van der Waals surface area contributed by atoms with Crippen LogP contribution < -0.4 is 5.32 Å². The van der Waals surface area contributed by atoms with Gasteiger partial charge in [0.2, 0.25) is 0 Å². The van der Waals surface area contributed by atoms with Crippen LogP contribution in [0.4, 0.5) is 0 Å². The highest BCUT2D eigenvalue weighted by Crippen LogP contribution is 2.17. The highest BCUT2D eigenvalue weighted by Gasteiger charge is 2.11. The van der Waals surface area contributed by atoms with Crippen molar-refractivity contribution in [2.24, 2.45) is 0 Å². The van der Waals surface area contributed by atoms with Gasteiger partial charge in [-0.05, 0) is 69.4 Å². The van der Waals surface area contributed by atoms with E-state index in [1.165, 1.54) is 50.0 Å². The summed E-state index contributed by atoms with van der Waals surface area (Å²) in [7, 11) is 0. The minimum Gasteiger partial charge on any atom is -0.310 e. The van der Waals surface area contributed by atoms with Gasteiger partial charge < -0.3 is 10.2 Å². The molecule has 20 heavy (non-hydrogen) atoms. The minimum absolute atomic E-state index is 0.513. The second-order valence-corrected chi connectivity index (χ2v) is 5.91. The lowest BCUT2D eigenvalue weighted by Gasteiger charge is -2.19. The SMILES string of the molecule is CCc1ccc(C(CC)NCCCN2CCCC2)cc1. The fraction of sp³-hybridized carbons (Fsp3) is 0.667. The van der Waals surface area contributed by atoms with Crippen molar-refractivity contribution in [2.75, 3.05) is 26.2 Å². The molecule has 1 fully saturated rings. The van der Waals surface area contributed by atoms with Crippen molar-refractivity contribution in [1.82, 2.24) is 10.2 Å². The number of aryl methyl sites for hydroxylation is 1. The maximum Gasteiger partial charge on any atom is 0.0317 e. The van der Waals surface area contributed by atoms with E-state index in [-0.39, 0.29) is 0 Å². The Hall–Kier alpha value is -0.860. The van der Waals surface area contributed by atoms with E-state index in [4.69, 9.17) is 0 Å². The average Bonchev–Trinajstić information content (AvgIpc) is 3.01. The topological polar surface area (TPSA) is 15.3 Å². The summed E-state index contributed by atoms with van der Waals surface area (Å²) in [5.41, 5.74) is 2.86. The van der Waals surface area contributed by atoms with Crippen LogP contribution in [0.3, 0.4) is 0 Å². The molecule has 0 radical (unpaired) electrons. The van der Waals surface area contributed by atoms with Crippen LogP contribution >= 0.6 is 0 Å². The Labute approximate surface area is 124 Å². The summed E-state index contributed by atoms with van der Waals surface area (Å²) >= 11 is 0. The molecule has 1 atom stereocenters. The maximum atomic E-state index is 3.72. The van der Waals surface area contributed by atoms with E-state index >= 15 is 0 Å². The first kappa shape index (κ1) is 15.5. The number of hydrogen-bond donors (Lipinski definition) is 1. The summed E-state index contributed by atoms with van der Waals surface area (Å²) < 4.78 is 0. The van der Waals surface area contributed by atoms with Gasteiger partial charge in [0.25, 0.3) is 0 Å². The quantitative estimate of drug-likeness (QED) is 0.726. The lowest BCUT2D eigenvalue weighted by atomic mass is 10.0. The van der Waals surface area contributed by atoms with Crippen molar-refractivity contribution < 1.29 is 0 Å². The number of nitrogens with one attached hydrogen (secondary N) is 1. The minimum atomic E-state index is 0.513. The third kappa shape index (κ3) is 4.60. The van der Waals surface area contributed by atoms with Gasteiger partial charge in [0.05, 0.1) is 0 Å². The van der Waals surface area contributed by atoms with Crippen molar-refractivity contribution >= 4 is 0 Å². The third-order valence-corrected chi connectivity index (χ3v) is 4.44. The molecule has 0 aromatic heterocycles. The van der Waals surface area contributed by atoms with Crippen LogP contribution in [0, 0.1) is 0 Å². The Morgan fingerprint density at radius 2 is 1.80 bits per heavy atom. The Kier molecular flexibility index (Phi) is 6.55. The van der Waals surface area contributed by atoms with E-state index in [1.807, 2.05) is 0 Å². The van der Waals surface area contributed by atoms with Crippen LogP contribution in [-0.2, 0) is 6.42 Å². The molecule has 2 rings (SSSR count). The van der Waals surface area contributed by atoms with Crippen LogP contribution in [0.1, 0.15) is 56.7 Å². The highest BCUT2D eigenvalue weighted by atomic mass is 15.1. The molecule has 1 aromatic rings. The second kappa shape index (κ2) is 8.43. The molecule has 0 saturated carbocycles. The van der Waals surface area contributed by atoms with Crippen molar-refractivity contribution in [2.45, 2.75) is 52.0 Å². The predicted octanol–water partition coefficient (Wildman–Crippen LogP) is 3.78. The molecule has 1 saturated heterocycles. The molecule has 1 aromatic carbocycles. The van der Waals surface area contributed by atoms with E-state index in [9.17, 15) is 0 Å². The van der Waals surface area contributed by atoms with E-state index in [0.29, 0.717) is 6.04 Å². The van der Waals surface area contributed by atoms with Gasteiger partial charge in [-0.3, -0.25) is 0 Å². The number of nitrogens with zero attached hydrogens (tertiary/aromatic N) is 1. The fourth-order valence-corrected chi connectivity index (χ4v) is 3.07. The van der Waals surface area contributed by atoms with E-state index < -0.39 is 0 Å². The molecule has 1 heterocycles. The summed E-state index contributed by atoms with van der Waals surface area (Å²) in [4.78, 5) is 2.60. The van der Waals surface area contributed by atoms with E-state index in [1.54, 1.807) is 0 Å². The first-order chi connectivity index (χ1) is 9.83. The summed E-state index contributed by atoms with van der Waals surface area (Å²) in [6.07, 6.45) is 6.35. The number of likely N-dealkylation sites (tertiary alicyclic amines) is 1. The number of rotatable bonds is 8. The second-order valence-electron chi connectivity index (χ2n) is 5.91. The lowest BCUT2D eigenvalue weighted by molar-refractivity contribution is 0.327. The number of benzene rings is 1. The van der Waals surface area contributed by atoms with Crippen molar-refractivity contribution in [1.29, 1.82) is 0 Å². The summed E-state index contributed by atoms with van der Waals surface area (Å²) in [5.74, 6) is 0. The predicted molar refractivity (Wildman–Crippen MR) is 87.1 cm³/mol. The molecule has 0 aliphatic carbocycles. The molecule has 1 aliphatic heterocycles. The van der Waals surface area contributed by atoms with Crippen LogP contribution in [0.25, 0.3) is 0 Å². The van der Waals surface area contributed by atoms with Crippen LogP contribution in [0.2, 0.25) is 0 Å². The van der Waals surface area contributed by atoms with Crippen molar-refractivity contribution in [3.63, 3.8) is 0 Å². The largest absolute Gasteiger partial charge is 0.310 e. The van der Waals surface area contributed by atoms with Crippen LogP contribution in [-0.4, -0.2) is 31.1 Å². The van der Waals surface area contributed by atoms with Gasteiger partial charge in [-0.2, -0.15) is 0 Å². The van der Waals surface area contributed by atoms with E-state index in [0.717, 1.165) is 19.4 Å². The Morgan fingerprint density at radius 1 is 1.10 bits per heavy atom. The van der Waals surface area contributed by atoms with Crippen molar-refractivity contribution in [3.8, 4) is 0 Å². The zero-order chi connectivity index (χ0) is 14.2. The molecule has 1 aliphatic rings. The molecular weight excluding hydrogens is 244 g/mol. The summed E-state index contributed by atoms with van der Waals surface area (Å²) in [6, 6.07) is 9.63. The monoisotopic (exact) mass is 274 g/mol. The molecule has 0 bridgehead atoms. The van der Waals surface area contributed by atoms with Crippen LogP contribution in [0.15, 0.2) is 24.3 Å². The Balaban J connectivity index is 1.73. The molecular formula is C18H30N2. The van der Waals surface area contributed by atoms with E-state index in [2.05, 4.69) is 48.3 Å². The smallest absolute Gasteiger partial charge is 0.0317 e. The zero-order valence-corrected chi connectivity index (χ0v) is 13.2. The van der Waals surface area contributed by atoms with Gasteiger partial charge >= 0.3 is 0 Å². The summed E-state index contributed by atoms with van der Waals surface area (Å²) in [5, 5.41) is 3.72. The van der Waals surface area contributed by atoms with Gasteiger partial charge in [-0.1, -0.05) is 38.1 Å². The summed E-state index contributed by atoms with van der Waals surface area (Å²) in [6.45, 7) is 9.50. The standard InChI is InChI=1S/C18H30N2/c1-3-16-8-10-17(11-9-16)18(4-2)19-12-7-15-20-13-5-6-14-20/h8-11,18-19H,3-7,12-15H2,1-2H3. The maximum absolute atomic E-state index is 3.72. The molecule has 2 heteroatoms. The van der Waals surface area contributed by atoms with Gasteiger partial charge in [-0.15, -0.1) is 0 Å².